The zero-order chi connectivity index (χ0) is 23.7. The van der Waals surface area contributed by atoms with E-state index in [1.54, 1.807) is 6.07 Å². The van der Waals surface area contributed by atoms with E-state index in [-0.39, 0.29) is 16.7 Å². The molecule has 34 heavy (non-hydrogen) atoms. The number of aromatic nitrogens is 2. The zero-order valence-corrected chi connectivity index (χ0v) is 20.1. The number of benzene rings is 2. The van der Waals surface area contributed by atoms with Crippen LogP contribution in [0, 0.1) is 5.82 Å². The van der Waals surface area contributed by atoms with Gasteiger partial charge < -0.3 is 19.9 Å². The van der Waals surface area contributed by atoms with Crippen molar-refractivity contribution in [3.8, 4) is 11.6 Å². The number of fused-ring (bicyclic) bond motifs is 1. The Hall–Kier alpha value is -3.16. The Kier molecular flexibility index (Phi) is 6.39. The van der Waals surface area contributed by atoms with E-state index in [9.17, 15) is 4.39 Å². The second-order valence-corrected chi connectivity index (χ2v) is 9.03. The van der Waals surface area contributed by atoms with Crippen LogP contribution in [0.5, 0.6) is 11.6 Å². The van der Waals surface area contributed by atoms with Crippen LogP contribution in [0.25, 0.3) is 6.08 Å². The number of ether oxygens (including phenoxy) is 1. The van der Waals surface area contributed by atoms with Crippen molar-refractivity contribution in [2.75, 3.05) is 42.9 Å². The Bertz CT molecular complexity index is 1220. The maximum absolute atomic E-state index is 15.0. The molecule has 1 aliphatic heterocycles. The molecule has 2 aliphatic rings. The number of nitrogens with zero attached hydrogens (tertiary/aromatic N) is 4. The lowest BCUT2D eigenvalue weighted by atomic mass is 10.1. The summed E-state index contributed by atoms with van der Waals surface area (Å²) in [4.78, 5) is 13.2. The van der Waals surface area contributed by atoms with Gasteiger partial charge in [-0.25, -0.2) is 9.37 Å². The molecule has 0 spiro atoms. The molecule has 2 heterocycles. The normalized spacial score (nSPS) is 15.8. The van der Waals surface area contributed by atoms with E-state index in [1.165, 1.54) is 12.0 Å². The second-order valence-electron chi connectivity index (χ2n) is 8.65. The predicted octanol–water partition coefficient (Wildman–Crippen LogP) is 5.91. The van der Waals surface area contributed by atoms with Crippen molar-refractivity contribution in [3.63, 3.8) is 0 Å². The Morgan fingerprint density at radius 2 is 1.82 bits per heavy atom. The number of nitrogens with one attached hydrogen (secondary N) is 1. The van der Waals surface area contributed by atoms with Gasteiger partial charge in [-0.1, -0.05) is 36.2 Å². The summed E-state index contributed by atoms with van der Waals surface area (Å²) in [6, 6.07) is 11.7. The summed E-state index contributed by atoms with van der Waals surface area (Å²) < 4.78 is 20.7. The van der Waals surface area contributed by atoms with Gasteiger partial charge >= 0.3 is 0 Å². The fourth-order valence-corrected chi connectivity index (χ4v) is 4.61. The van der Waals surface area contributed by atoms with E-state index in [0.717, 1.165) is 56.0 Å². The van der Waals surface area contributed by atoms with Gasteiger partial charge in [-0.05, 0) is 55.8 Å². The fourth-order valence-electron chi connectivity index (χ4n) is 4.43. The van der Waals surface area contributed by atoms with Crippen LogP contribution in [-0.4, -0.2) is 47.6 Å². The summed E-state index contributed by atoms with van der Waals surface area (Å²) in [6.45, 7) is 9.48. The molecule has 8 heteroatoms. The molecule has 1 fully saturated rings. The molecule has 2 aromatic carbocycles. The monoisotopic (exact) mass is 479 g/mol. The molecule has 3 aromatic rings. The summed E-state index contributed by atoms with van der Waals surface area (Å²) >= 11 is 6.52. The zero-order valence-electron chi connectivity index (χ0n) is 19.3. The van der Waals surface area contributed by atoms with Crippen LogP contribution in [-0.2, 0) is 6.42 Å². The maximum atomic E-state index is 15.0. The van der Waals surface area contributed by atoms with Crippen molar-refractivity contribution in [2.45, 2.75) is 20.3 Å². The van der Waals surface area contributed by atoms with Crippen molar-refractivity contribution in [2.24, 2.45) is 0 Å². The third-order valence-electron chi connectivity index (χ3n) is 6.37. The molecule has 0 radical (unpaired) electrons. The van der Waals surface area contributed by atoms with Crippen LogP contribution in [0.3, 0.4) is 0 Å². The molecule has 0 saturated carbocycles. The van der Waals surface area contributed by atoms with E-state index in [1.807, 2.05) is 31.2 Å². The first-order valence-corrected chi connectivity index (χ1v) is 11.9. The minimum Gasteiger partial charge on any atom is -0.434 e. The van der Waals surface area contributed by atoms with Crippen molar-refractivity contribution in [3.05, 3.63) is 70.3 Å². The molecular weight excluding hydrogens is 453 g/mol. The van der Waals surface area contributed by atoms with Gasteiger partial charge in [-0.3, -0.25) is 0 Å². The van der Waals surface area contributed by atoms with Gasteiger partial charge in [0.05, 0.1) is 0 Å². The lowest BCUT2D eigenvalue weighted by molar-refractivity contribution is 0.271. The third-order valence-corrected chi connectivity index (χ3v) is 6.71. The number of hydrogen-bond donors (Lipinski definition) is 1. The minimum atomic E-state index is -0.408. The first-order valence-electron chi connectivity index (χ1n) is 11.5. The van der Waals surface area contributed by atoms with Gasteiger partial charge in [0, 0.05) is 43.1 Å². The van der Waals surface area contributed by atoms with Gasteiger partial charge in [-0.2, -0.15) is 4.98 Å². The Morgan fingerprint density at radius 3 is 2.56 bits per heavy atom. The number of allylic oxidation sites excluding steroid dienone is 1. The van der Waals surface area contributed by atoms with Gasteiger partial charge in [0.2, 0.25) is 5.88 Å². The molecule has 0 unspecified atom stereocenters. The average Bonchev–Trinajstić information content (AvgIpc) is 3.25. The van der Waals surface area contributed by atoms with E-state index in [4.69, 9.17) is 16.3 Å². The first-order chi connectivity index (χ1) is 16.5. The number of rotatable bonds is 6. The number of halogens is 2. The highest BCUT2D eigenvalue weighted by Gasteiger charge is 2.20. The topological polar surface area (TPSA) is 53.5 Å². The van der Waals surface area contributed by atoms with Crippen molar-refractivity contribution < 1.29 is 9.13 Å². The van der Waals surface area contributed by atoms with Crippen molar-refractivity contribution in [1.29, 1.82) is 0 Å². The summed E-state index contributed by atoms with van der Waals surface area (Å²) in [6.07, 6.45) is 3.95. The third kappa shape index (κ3) is 4.58. The van der Waals surface area contributed by atoms with E-state index < -0.39 is 5.82 Å². The number of hydrogen-bond acceptors (Lipinski definition) is 6. The predicted molar refractivity (Wildman–Crippen MR) is 135 cm³/mol. The van der Waals surface area contributed by atoms with Gasteiger partial charge in [0.25, 0.3) is 0 Å². The maximum Gasteiger partial charge on any atom is 0.243 e. The molecule has 176 valence electrons. The summed E-state index contributed by atoms with van der Waals surface area (Å²) in [7, 11) is 0. The number of anilines is 3. The van der Waals surface area contributed by atoms with Gasteiger partial charge in [0.1, 0.15) is 11.3 Å². The summed E-state index contributed by atoms with van der Waals surface area (Å²) in [5.74, 6) is 0.174. The quantitative estimate of drug-likeness (QED) is 0.474. The standard InChI is InChI=1S/C26H27ClFN5O/c1-3-32-10-12-33(13-11-32)20-7-5-19(6-8-20)31-25-23(27)26(30-16-29-25)34-22-9-4-18-14-17(2)15-21(18)24(22)28/h4-9,15-16H,3,10-14H2,1-2H3,(H,29,30,31). The average molecular weight is 480 g/mol. The first kappa shape index (κ1) is 22.6. The highest BCUT2D eigenvalue weighted by molar-refractivity contribution is 6.34. The van der Waals surface area contributed by atoms with Crippen molar-refractivity contribution in [1.82, 2.24) is 14.9 Å². The van der Waals surface area contributed by atoms with Crippen LogP contribution in [0.2, 0.25) is 5.02 Å². The minimum absolute atomic E-state index is 0.0868. The molecule has 1 saturated heterocycles. The largest absolute Gasteiger partial charge is 0.434 e. The van der Waals surface area contributed by atoms with Gasteiger partial charge in [-0.15, -0.1) is 0 Å². The van der Waals surface area contributed by atoms with Crippen LogP contribution >= 0.6 is 11.6 Å². The summed E-state index contributed by atoms with van der Waals surface area (Å²) in [5.41, 5.74) is 4.66. The highest BCUT2D eigenvalue weighted by atomic mass is 35.5. The molecule has 5 rings (SSSR count). The van der Waals surface area contributed by atoms with E-state index >= 15 is 0 Å². The van der Waals surface area contributed by atoms with Crippen molar-refractivity contribution >= 4 is 34.9 Å². The molecule has 1 aliphatic carbocycles. The number of piperazine rings is 1. The molecule has 1 aromatic heterocycles. The summed E-state index contributed by atoms with van der Waals surface area (Å²) in [5, 5.41) is 3.40. The molecule has 0 atom stereocenters. The molecule has 6 nitrogen and oxygen atoms in total. The molecular formula is C26H27ClFN5O. The molecule has 1 N–H and O–H groups in total. The smallest absolute Gasteiger partial charge is 0.243 e. The molecule has 0 bridgehead atoms. The molecule has 0 amide bonds. The fraction of sp³-hybridized carbons (Fsp3) is 0.308. The lowest BCUT2D eigenvalue weighted by Gasteiger charge is -2.35. The van der Waals surface area contributed by atoms with Crippen LogP contribution in [0.4, 0.5) is 21.6 Å². The SMILES string of the molecule is CCN1CCN(c2ccc(Nc3ncnc(Oc4ccc5c(c4F)C=C(C)C5)c3Cl)cc2)CC1. The van der Waals surface area contributed by atoms with Crippen LogP contribution in [0.15, 0.2) is 48.3 Å². The van der Waals surface area contributed by atoms with Crippen LogP contribution in [0.1, 0.15) is 25.0 Å². The Labute approximate surface area is 204 Å². The highest BCUT2D eigenvalue weighted by Crippen LogP contribution is 2.37. The van der Waals surface area contributed by atoms with Gasteiger partial charge in [0.15, 0.2) is 17.4 Å². The Morgan fingerprint density at radius 1 is 1.06 bits per heavy atom. The Balaban J connectivity index is 1.30. The number of likely N-dealkylation sites (N-methyl/N-ethyl adjacent to an activating group) is 1. The lowest BCUT2D eigenvalue weighted by Crippen LogP contribution is -2.46. The van der Waals surface area contributed by atoms with E-state index in [2.05, 4.69) is 44.1 Å². The second kappa shape index (κ2) is 9.60. The van der Waals surface area contributed by atoms with Crippen LogP contribution < -0.4 is 15.0 Å². The van der Waals surface area contributed by atoms with E-state index in [0.29, 0.717) is 11.4 Å².